The first kappa shape index (κ1) is 15.9. The van der Waals surface area contributed by atoms with Gasteiger partial charge in [0.05, 0.1) is 12.0 Å². The minimum Gasteiger partial charge on any atom is -0.496 e. The Labute approximate surface area is 115 Å². The Morgan fingerprint density at radius 2 is 2.00 bits per heavy atom. The van der Waals surface area contributed by atoms with Crippen molar-refractivity contribution in [1.82, 2.24) is 9.62 Å². The average Bonchev–Trinajstić information content (AvgIpc) is 2.34. The molecule has 0 fully saturated rings. The Bertz CT molecular complexity index is 513. The van der Waals surface area contributed by atoms with Crippen LogP contribution in [0.25, 0.3) is 0 Å². The molecule has 108 valence electrons. The molecule has 0 aromatic heterocycles. The van der Waals surface area contributed by atoms with E-state index in [2.05, 4.69) is 4.72 Å². The van der Waals surface area contributed by atoms with Gasteiger partial charge in [0.1, 0.15) is 5.75 Å². The van der Waals surface area contributed by atoms with Crippen molar-refractivity contribution in [2.75, 3.05) is 34.3 Å². The molecule has 1 N–H and O–H groups in total. The van der Waals surface area contributed by atoms with Crippen molar-refractivity contribution < 1.29 is 13.2 Å². The van der Waals surface area contributed by atoms with Gasteiger partial charge in [0.15, 0.2) is 0 Å². The monoisotopic (exact) mass is 286 g/mol. The zero-order chi connectivity index (χ0) is 14.5. The zero-order valence-corrected chi connectivity index (χ0v) is 12.8. The molecule has 0 unspecified atom stereocenters. The largest absolute Gasteiger partial charge is 0.496 e. The third-order valence-corrected chi connectivity index (χ3v) is 4.21. The predicted octanol–water partition coefficient (Wildman–Crippen LogP) is 1.23. The number of nitrogens with zero attached hydrogens (tertiary/aromatic N) is 1. The molecule has 0 spiro atoms. The number of aryl methyl sites for hydroxylation is 1. The molecule has 0 radical (unpaired) electrons. The molecule has 19 heavy (non-hydrogen) atoms. The minimum absolute atomic E-state index is 0.274. The Balaban J connectivity index is 2.69. The number of nitrogens with one attached hydrogen (secondary N) is 1. The van der Waals surface area contributed by atoms with E-state index in [1.54, 1.807) is 25.3 Å². The SMILES string of the molecule is COc1ccc(S(=O)(=O)NCCCN(C)C)cc1C. The number of hydrogen-bond donors (Lipinski definition) is 1. The molecular weight excluding hydrogens is 264 g/mol. The van der Waals surface area contributed by atoms with Crippen molar-refractivity contribution in [1.29, 1.82) is 0 Å². The third kappa shape index (κ3) is 4.81. The highest BCUT2D eigenvalue weighted by Crippen LogP contribution is 2.21. The van der Waals surface area contributed by atoms with E-state index >= 15 is 0 Å². The van der Waals surface area contributed by atoms with Gasteiger partial charge >= 0.3 is 0 Å². The lowest BCUT2D eigenvalue weighted by Gasteiger charge is -2.11. The summed E-state index contributed by atoms with van der Waals surface area (Å²) in [5.41, 5.74) is 0.804. The summed E-state index contributed by atoms with van der Waals surface area (Å²) in [7, 11) is 2.06. The molecule has 0 aliphatic heterocycles. The van der Waals surface area contributed by atoms with Crippen LogP contribution < -0.4 is 9.46 Å². The van der Waals surface area contributed by atoms with Crippen LogP contribution >= 0.6 is 0 Å². The van der Waals surface area contributed by atoms with Crippen LogP contribution in [0.2, 0.25) is 0 Å². The zero-order valence-electron chi connectivity index (χ0n) is 11.9. The third-order valence-electron chi connectivity index (χ3n) is 2.75. The van der Waals surface area contributed by atoms with Crippen molar-refractivity contribution in [2.45, 2.75) is 18.2 Å². The van der Waals surface area contributed by atoms with Crippen molar-refractivity contribution in [3.63, 3.8) is 0 Å². The average molecular weight is 286 g/mol. The molecule has 1 rings (SSSR count). The minimum atomic E-state index is -3.43. The summed E-state index contributed by atoms with van der Waals surface area (Å²) in [4.78, 5) is 2.29. The number of methoxy groups -OCH3 is 1. The van der Waals surface area contributed by atoms with Gasteiger partial charge in [0.2, 0.25) is 10.0 Å². The maximum absolute atomic E-state index is 12.1. The fourth-order valence-electron chi connectivity index (χ4n) is 1.70. The molecule has 0 saturated heterocycles. The maximum atomic E-state index is 12.1. The highest BCUT2D eigenvalue weighted by molar-refractivity contribution is 7.89. The van der Waals surface area contributed by atoms with E-state index < -0.39 is 10.0 Å². The van der Waals surface area contributed by atoms with E-state index in [0.29, 0.717) is 12.3 Å². The van der Waals surface area contributed by atoms with Crippen LogP contribution in [-0.4, -0.2) is 47.6 Å². The molecule has 0 aliphatic carbocycles. The highest BCUT2D eigenvalue weighted by atomic mass is 32.2. The summed E-state index contributed by atoms with van der Waals surface area (Å²) in [5, 5.41) is 0. The second-order valence-corrected chi connectivity index (χ2v) is 6.45. The Morgan fingerprint density at radius 3 is 2.53 bits per heavy atom. The van der Waals surface area contributed by atoms with E-state index in [1.165, 1.54) is 0 Å². The van der Waals surface area contributed by atoms with Gasteiger partial charge < -0.3 is 9.64 Å². The lowest BCUT2D eigenvalue weighted by Crippen LogP contribution is -2.27. The first-order valence-corrected chi connectivity index (χ1v) is 7.64. The molecule has 0 bridgehead atoms. The molecule has 0 heterocycles. The molecule has 0 amide bonds. The number of ether oxygens (including phenoxy) is 1. The van der Waals surface area contributed by atoms with Crippen molar-refractivity contribution >= 4 is 10.0 Å². The second kappa shape index (κ2) is 6.88. The van der Waals surface area contributed by atoms with Crippen LogP contribution in [0.1, 0.15) is 12.0 Å². The van der Waals surface area contributed by atoms with E-state index in [1.807, 2.05) is 25.9 Å². The summed E-state index contributed by atoms with van der Waals surface area (Å²) in [6.45, 7) is 3.11. The van der Waals surface area contributed by atoms with Gasteiger partial charge in [-0.25, -0.2) is 13.1 Å². The molecule has 5 nitrogen and oxygen atoms in total. The van der Waals surface area contributed by atoms with Gasteiger partial charge in [-0.05, 0) is 57.7 Å². The summed E-state index contributed by atoms with van der Waals surface area (Å²) < 4.78 is 31.8. The molecular formula is C13H22N2O3S. The van der Waals surface area contributed by atoms with E-state index in [0.717, 1.165) is 18.5 Å². The standard InChI is InChI=1S/C13H22N2O3S/c1-11-10-12(6-7-13(11)18-4)19(16,17)14-8-5-9-15(2)3/h6-7,10,14H,5,8-9H2,1-4H3. The van der Waals surface area contributed by atoms with Gasteiger partial charge in [0.25, 0.3) is 0 Å². The summed E-state index contributed by atoms with van der Waals surface area (Å²) in [6, 6.07) is 4.84. The van der Waals surface area contributed by atoms with Crippen LogP contribution in [0.15, 0.2) is 23.1 Å². The Kier molecular flexibility index (Phi) is 5.78. The Morgan fingerprint density at radius 1 is 1.32 bits per heavy atom. The van der Waals surface area contributed by atoms with Crippen LogP contribution in [-0.2, 0) is 10.0 Å². The van der Waals surface area contributed by atoms with Crippen LogP contribution in [0.3, 0.4) is 0 Å². The first-order chi connectivity index (χ1) is 8.86. The molecule has 6 heteroatoms. The fraction of sp³-hybridized carbons (Fsp3) is 0.538. The summed E-state index contributed by atoms with van der Waals surface area (Å²) in [6.07, 6.45) is 0.779. The van der Waals surface area contributed by atoms with Gasteiger partial charge in [-0.1, -0.05) is 0 Å². The number of benzene rings is 1. The normalized spacial score (nSPS) is 11.8. The van der Waals surface area contributed by atoms with Crippen molar-refractivity contribution in [2.24, 2.45) is 0 Å². The lowest BCUT2D eigenvalue weighted by atomic mass is 10.2. The quantitative estimate of drug-likeness (QED) is 0.766. The smallest absolute Gasteiger partial charge is 0.240 e. The number of sulfonamides is 1. The summed E-state index contributed by atoms with van der Waals surface area (Å²) in [5.74, 6) is 0.687. The topological polar surface area (TPSA) is 58.6 Å². The Hall–Kier alpha value is -1.11. The predicted molar refractivity (Wildman–Crippen MR) is 76.1 cm³/mol. The van der Waals surface area contributed by atoms with Crippen LogP contribution in [0, 0.1) is 6.92 Å². The van der Waals surface area contributed by atoms with E-state index in [9.17, 15) is 8.42 Å². The summed E-state index contributed by atoms with van der Waals surface area (Å²) >= 11 is 0. The van der Waals surface area contributed by atoms with Gasteiger partial charge in [-0.2, -0.15) is 0 Å². The number of hydrogen-bond acceptors (Lipinski definition) is 4. The molecule has 1 aromatic rings. The number of rotatable bonds is 7. The molecule has 0 aliphatic rings. The van der Waals surface area contributed by atoms with Crippen LogP contribution in [0.4, 0.5) is 0 Å². The first-order valence-electron chi connectivity index (χ1n) is 6.16. The van der Waals surface area contributed by atoms with Crippen molar-refractivity contribution in [3.05, 3.63) is 23.8 Å². The van der Waals surface area contributed by atoms with Gasteiger partial charge in [0, 0.05) is 6.54 Å². The molecule has 0 saturated carbocycles. The molecule has 0 atom stereocenters. The fourth-order valence-corrected chi connectivity index (χ4v) is 2.86. The van der Waals surface area contributed by atoms with Gasteiger partial charge in [-0.3, -0.25) is 0 Å². The second-order valence-electron chi connectivity index (χ2n) is 4.69. The van der Waals surface area contributed by atoms with Gasteiger partial charge in [-0.15, -0.1) is 0 Å². The van der Waals surface area contributed by atoms with Crippen molar-refractivity contribution in [3.8, 4) is 5.75 Å². The van der Waals surface area contributed by atoms with E-state index in [4.69, 9.17) is 4.74 Å². The maximum Gasteiger partial charge on any atom is 0.240 e. The highest BCUT2D eigenvalue weighted by Gasteiger charge is 2.14. The van der Waals surface area contributed by atoms with E-state index in [-0.39, 0.29) is 4.90 Å². The van der Waals surface area contributed by atoms with Crippen LogP contribution in [0.5, 0.6) is 5.75 Å². The lowest BCUT2D eigenvalue weighted by molar-refractivity contribution is 0.400. The molecule has 1 aromatic carbocycles.